The summed E-state index contributed by atoms with van der Waals surface area (Å²) >= 11 is 1.50. The van der Waals surface area contributed by atoms with Crippen molar-refractivity contribution in [2.24, 2.45) is 0 Å². The van der Waals surface area contributed by atoms with Crippen LogP contribution >= 0.6 is 11.3 Å². The first-order valence-corrected chi connectivity index (χ1v) is 3.71. The Morgan fingerprint density at radius 1 is 1.70 bits per heavy atom. The molecule has 0 atom stereocenters. The normalized spacial score (nSPS) is 10.9. The molecule has 5 heteroatoms. The highest BCUT2D eigenvalue weighted by molar-refractivity contribution is 7.15. The van der Waals surface area contributed by atoms with Crippen LogP contribution in [0.2, 0.25) is 0 Å². The van der Waals surface area contributed by atoms with Crippen molar-refractivity contribution in [3.05, 3.63) is 11.2 Å². The van der Waals surface area contributed by atoms with Gasteiger partial charge in [0.05, 0.1) is 0 Å². The van der Waals surface area contributed by atoms with Crippen LogP contribution in [0.15, 0.2) is 5.38 Å². The van der Waals surface area contributed by atoms with E-state index in [-0.39, 0.29) is 0 Å². The van der Waals surface area contributed by atoms with Gasteiger partial charge < -0.3 is 5.73 Å². The molecule has 0 saturated heterocycles. The second-order valence-corrected chi connectivity index (χ2v) is 2.85. The fourth-order valence-corrected chi connectivity index (χ4v) is 1.56. The lowest BCUT2D eigenvalue weighted by Gasteiger charge is -1.82. The van der Waals surface area contributed by atoms with Gasteiger partial charge in [0.2, 0.25) is 4.96 Å². The zero-order valence-electron chi connectivity index (χ0n) is 5.40. The average Bonchev–Trinajstić information content (AvgIpc) is 2.35. The molecule has 0 aromatic carbocycles. The molecular formula is C5H6N4S. The predicted molar refractivity (Wildman–Crippen MR) is 40.0 cm³/mol. The van der Waals surface area contributed by atoms with Gasteiger partial charge in [0.1, 0.15) is 11.6 Å². The molecule has 0 amide bonds. The molecule has 0 aliphatic heterocycles. The molecule has 0 fully saturated rings. The van der Waals surface area contributed by atoms with Gasteiger partial charge in [0, 0.05) is 5.38 Å². The Bertz CT molecular complexity index is 360. The number of nitrogens with zero attached hydrogens (tertiary/aromatic N) is 3. The molecule has 52 valence electrons. The van der Waals surface area contributed by atoms with Crippen LogP contribution in [0.1, 0.15) is 5.82 Å². The van der Waals surface area contributed by atoms with E-state index in [9.17, 15) is 0 Å². The molecule has 2 N–H and O–H groups in total. The van der Waals surface area contributed by atoms with Gasteiger partial charge >= 0.3 is 0 Å². The van der Waals surface area contributed by atoms with E-state index in [2.05, 4.69) is 10.1 Å². The summed E-state index contributed by atoms with van der Waals surface area (Å²) in [5, 5.41) is 5.89. The van der Waals surface area contributed by atoms with Gasteiger partial charge in [0.25, 0.3) is 0 Å². The number of fused-ring (bicyclic) bond motifs is 1. The summed E-state index contributed by atoms with van der Waals surface area (Å²) in [6.07, 6.45) is 0. The number of aryl methyl sites for hydroxylation is 1. The molecule has 4 nitrogen and oxygen atoms in total. The lowest BCUT2D eigenvalue weighted by atomic mass is 10.8. The maximum atomic E-state index is 5.56. The van der Waals surface area contributed by atoms with Crippen molar-refractivity contribution in [2.45, 2.75) is 6.92 Å². The van der Waals surface area contributed by atoms with Crippen LogP contribution in [0.3, 0.4) is 0 Å². The van der Waals surface area contributed by atoms with Crippen LogP contribution in [-0.4, -0.2) is 14.6 Å². The van der Waals surface area contributed by atoms with E-state index in [1.54, 1.807) is 4.52 Å². The molecule has 2 aromatic rings. The van der Waals surface area contributed by atoms with Crippen molar-refractivity contribution < 1.29 is 0 Å². The monoisotopic (exact) mass is 154 g/mol. The Balaban J connectivity index is 2.90. The van der Waals surface area contributed by atoms with Gasteiger partial charge in [-0.25, -0.2) is 4.98 Å². The van der Waals surface area contributed by atoms with E-state index in [1.165, 1.54) is 11.3 Å². The van der Waals surface area contributed by atoms with E-state index in [0.29, 0.717) is 5.82 Å². The minimum Gasteiger partial charge on any atom is -0.383 e. The fraction of sp³-hybridized carbons (Fsp3) is 0.200. The Morgan fingerprint density at radius 2 is 2.50 bits per heavy atom. The second-order valence-electron chi connectivity index (χ2n) is 2.01. The van der Waals surface area contributed by atoms with Crippen LogP contribution in [0.5, 0.6) is 0 Å². The van der Waals surface area contributed by atoms with Crippen molar-refractivity contribution in [3.63, 3.8) is 0 Å². The van der Waals surface area contributed by atoms with Crippen molar-refractivity contribution >= 4 is 22.1 Å². The molecular weight excluding hydrogens is 148 g/mol. The second kappa shape index (κ2) is 1.69. The summed E-state index contributed by atoms with van der Waals surface area (Å²) < 4.78 is 1.64. The zero-order valence-corrected chi connectivity index (χ0v) is 6.22. The Hall–Kier alpha value is -1.10. The summed E-state index contributed by atoms with van der Waals surface area (Å²) in [6.45, 7) is 1.85. The van der Waals surface area contributed by atoms with Gasteiger partial charge in [-0.2, -0.15) is 4.52 Å². The van der Waals surface area contributed by atoms with Crippen molar-refractivity contribution in [3.8, 4) is 0 Å². The van der Waals surface area contributed by atoms with Crippen molar-refractivity contribution in [1.82, 2.24) is 14.6 Å². The molecule has 10 heavy (non-hydrogen) atoms. The third kappa shape index (κ3) is 0.607. The lowest BCUT2D eigenvalue weighted by molar-refractivity contribution is 0.951. The molecule has 2 rings (SSSR count). The maximum Gasteiger partial charge on any atom is 0.214 e. The minimum atomic E-state index is 0.653. The lowest BCUT2D eigenvalue weighted by Crippen LogP contribution is -1.91. The van der Waals surface area contributed by atoms with Crippen LogP contribution in [0, 0.1) is 6.92 Å². The highest BCUT2D eigenvalue weighted by atomic mass is 32.1. The molecule has 0 radical (unpaired) electrons. The number of hydrogen-bond acceptors (Lipinski definition) is 4. The van der Waals surface area contributed by atoms with E-state index >= 15 is 0 Å². The number of thiazole rings is 1. The minimum absolute atomic E-state index is 0.653. The fourth-order valence-electron chi connectivity index (χ4n) is 0.803. The molecule has 0 aliphatic carbocycles. The molecule has 0 spiro atoms. The number of hydrogen-bond donors (Lipinski definition) is 1. The maximum absolute atomic E-state index is 5.56. The topological polar surface area (TPSA) is 56.2 Å². The zero-order chi connectivity index (χ0) is 7.14. The van der Waals surface area contributed by atoms with E-state index in [0.717, 1.165) is 10.8 Å². The van der Waals surface area contributed by atoms with Crippen LogP contribution in [0.4, 0.5) is 5.82 Å². The number of anilines is 1. The largest absolute Gasteiger partial charge is 0.383 e. The first-order chi connectivity index (χ1) is 4.77. The SMILES string of the molecule is Cc1nc2scc(N)n2n1. The number of nitrogen functional groups attached to an aromatic ring is 1. The van der Waals surface area contributed by atoms with Gasteiger partial charge in [-0.3, -0.25) is 0 Å². The summed E-state index contributed by atoms with van der Waals surface area (Å²) in [4.78, 5) is 4.98. The van der Waals surface area contributed by atoms with E-state index in [4.69, 9.17) is 5.73 Å². The van der Waals surface area contributed by atoms with Gasteiger partial charge in [0.15, 0.2) is 0 Å². The highest BCUT2D eigenvalue weighted by Gasteiger charge is 2.02. The van der Waals surface area contributed by atoms with Crippen LogP contribution < -0.4 is 5.73 Å². The first-order valence-electron chi connectivity index (χ1n) is 2.84. The van der Waals surface area contributed by atoms with Crippen LogP contribution in [-0.2, 0) is 0 Å². The smallest absolute Gasteiger partial charge is 0.214 e. The van der Waals surface area contributed by atoms with Crippen molar-refractivity contribution in [1.29, 1.82) is 0 Å². The summed E-state index contributed by atoms with van der Waals surface area (Å²) in [5.74, 6) is 1.42. The number of aromatic nitrogens is 3. The molecule has 0 saturated carbocycles. The molecule has 2 heterocycles. The molecule has 0 bridgehead atoms. The molecule has 2 aromatic heterocycles. The van der Waals surface area contributed by atoms with Crippen LogP contribution in [0.25, 0.3) is 4.96 Å². The number of nitrogens with two attached hydrogens (primary N) is 1. The summed E-state index contributed by atoms with van der Waals surface area (Å²) in [7, 11) is 0. The molecule has 0 unspecified atom stereocenters. The van der Waals surface area contributed by atoms with Crippen molar-refractivity contribution in [2.75, 3.05) is 5.73 Å². The van der Waals surface area contributed by atoms with E-state index in [1.807, 2.05) is 12.3 Å². The summed E-state index contributed by atoms with van der Waals surface area (Å²) in [5.41, 5.74) is 5.56. The van der Waals surface area contributed by atoms with Gasteiger partial charge in [-0.1, -0.05) is 0 Å². The van der Waals surface area contributed by atoms with E-state index < -0.39 is 0 Å². The standard InChI is InChI=1S/C5H6N4S/c1-3-7-5-9(8-3)4(6)2-10-5/h2H,6H2,1H3. The Morgan fingerprint density at radius 3 is 3.20 bits per heavy atom. The number of rotatable bonds is 0. The molecule has 0 aliphatic rings. The highest BCUT2D eigenvalue weighted by Crippen LogP contribution is 2.14. The first kappa shape index (κ1) is 5.67. The quantitative estimate of drug-likeness (QED) is 0.607. The predicted octanol–water partition coefficient (Wildman–Crippen LogP) is 0.681. The third-order valence-corrected chi connectivity index (χ3v) is 2.05. The summed E-state index contributed by atoms with van der Waals surface area (Å²) in [6, 6.07) is 0. The third-order valence-electron chi connectivity index (χ3n) is 1.21. The van der Waals surface area contributed by atoms with Gasteiger partial charge in [-0.15, -0.1) is 16.4 Å². The average molecular weight is 154 g/mol. The van der Waals surface area contributed by atoms with Gasteiger partial charge in [-0.05, 0) is 6.92 Å². The Labute approximate surface area is 61.3 Å². The Kier molecular flexibility index (Phi) is 0.960.